The molecule has 0 aliphatic heterocycles. The van der Waals surface area contributed by atoms with Gasteiger partial charge in [0.05, 0.1) is 4.92 Å². The van der Waals surface area contributed by atoms with Gasteiger partial charge < -0.3 is 15.3 Å². The smallest absolute Gasteiger partial charge is 0.354 e. The maximum absolute atomic E-state index is 10.8. The number of aromatic carboxylic acids is 1. The van der Waals surface area contributed by atoms with Crippen LogP contribution in [0.15, 0.2) is 12.1 Å². The molecule has 0 unspecified atom stereocenters. The van der Waals surface area contributed by atoms with E-state index in [0.29, 0.717) is 6.54 Å². The number of pyridine rings is 1. The average Bonchev–Trinajstić information content (AvgIpc) is 2.33. The fourth-order valence-electron chi connectivity index (χ4n) is 1.45. The van der Waals surface area contributed by atoms with Crippen molar-refractivity contribution in [2.24, 2.45) is 0 Å². The summed E-state index contributed by atoms with van der Waals surface area (Å²) in [6.45, 7) is 1.30. The lowest BCUT2D eigenvalue weighted by Gasteiger charge is -2.10. The molecule has 0 radical (unpaired) electrons. The maximum atomic E-state index is 10.8. The molecule has 1 rings (SSSR count). The third-order valence-electron chi connectivity index (χ3n) is 2.36. The Morgan fingerprint density at radius 3 is 2.74 bits per heavy atom. The van der Waals surface area contributed by atoms with Gasteiger partial charge in [-0.2, -0.15) is 0 Å². The van der Waals surface area contributed by atoms with Crippen LogP contribution in [0, 0.1) is 10.1 Å². The van der Waals surface area contributed by atoms with Crippen molar-refractivity contribution < 1.29 is 14.8 Å². The SMILES string of the molecule is CN(C)CCCNc1nc(C(=O)O)ccc1[N+](=O)[O-]. The van der Waals surface area contributed by atoms with Crippen LogP contribution in [0.2, 0.25) is 0 Å². The van der Waals surface area contributed by atoms with Crippen LogP contribution in [0.4, 0.5) is 11.5 Å². The Hall–Kier alpha value is -2.22. The van der Waals surface area contributed by atoms with Crippen LogP contribution in [-0.2, 0) is 0 Å². The minimum absolute atomic E-state index is 0.0105. The highest BCUT2D eigenvalue weighted by atomic mass is 16.6. The summed E-state index contributed by atoms with van der Waals surface area (Å²) in [5, 5.41) is 22.4. The number of hydrogen-bond acceptors (Lipinski definition) is 6. The number of nitro groups is 1. The summed E-state index contributed by atoms with van der Waals surface area (Å²) >= 11 is 0. The fraction of sp³-hybridized carbons (Fsp3) is 0.455. The topological polar surface area (TPSA) is 109 Å². The fourth-order valence-corrected chi connectivity index (χ4v) is 1.45. The Balaban J connectivity index is 2.80. The lowest BCUT2D eigenvalue weighted by molar-refractivity contribution is -0.384. The van der Waals surface area contributed by atoms with Gasteiger partial charge in [0.2, 0.25) is 5.82 Å². The highest BCUT2D eigenvalue weighted by Gasteiger charge is 2.17. The van der Waals surface area contributed by atoms with E-state index < -0.39 is 10.9 Å². The van der Waals surface area contributed by atoms with Gasteiger partial charge in [0.15, 0.2) is 5.69 Å². The minimum atomic E-state index is -1.22. The number of nitrogens with zero attached hydrogens (tertiary/aromatic N) is 3. The van der Waals surface area contributed by atoms with E-state index in [0.717, 1.165) is 25.1 Å². The quantitative estimate of drug-likeness (QED) is 0.432. The molecule has 0 aromatic carbocycles. The minimum Gasteiger partial charge on any atom is -0.477 e. The van der Waals surface area contributed by atoms with Gasteiger partial charge >= 0.3 is 11.7 Å². The van der Waals surface area contributed by atoms with E-state index in [4.69, 9.17) is 5.11 Å². The monoisotopic (exact) mass is 268 g/mol. The second-order valence-corrected chi connectivity index (χ2v) is 4.21. The Morgan fingerprint density at radius 2 is 2.21 bits per heavy atom. The van der Waals surface area contributed by atoms with Gasteiger partial charge in [0.25, 0.3) is 0 Å². The summed E-state index contributed by atoms with van der Waals surface area (Å²) in [7, 11) is 3.84. The third kappa shape index (κ3) is 4.51. The molecule has 8 heteroatoms. The number of aromatic nitrogens is 1. The molecule has 0 spiro atoms. The molecule has 0 bridgehead atoms. The maximum Gasteiger partial charge on any atom is 0.354 e. The van der Waals surface area contributed by atoms with E-state index >= 15 is 0 Å². The number of rotatable bonds is 7. The Bertz CT molecular complexity index is 476. The van der Waals surface area contributed by atoms with Crippen molar-refractivity contribution in [2.75, 3.05) is 32.5 Å². The van der Waals surface area contributed by atoms with Gasteiger partial charge in [-0.1, -0.05) is 0 Å². The van der Waals surface area contributed by atoms with E-state index in [9.17, 15) is 14.9 Å². The largest absolute Gasteiger partial charge is 0.477 e. The van der Waals surface area contributed by atoms with Gasteiger partial charge in [0.1, 0.15) is 0 Å². The van der Waals surface area contributed by atoms with Crippen molar-refractivity contribution in [1.82, 2.24) is 9.88 Å². The van der Waals surface area contributed by atoms with Crippen LogP contribution in [0.5, 0.6) is 0 Å². The first kappa shape index (κ1) is 14.8. The standard InChI is InChI=1S/C11H16N4O4/c1-14(2)7-3-6-12-10-9(15(18)19)5-4-8(13-10)11(16)17/h4-5H,3,6-7H2,1-2H3,(H,12,13)(H,16,17). The number of carboxylic acids is 1. The first-order valence-corrected chi connectivity index (χ1v) is 5.69. The number of carboxylic acid groups (broad SMARTS) is 1. The molecule has 1 heterocycles. The van der Waals surface area contributed by atoms with Crippen LogP contribution in [0.1, 0.15) is 16.9 Å². The zero-order valence-electron chi connectivity index (χ0n) is 10.8. The van der Waals surface area contributed by atoms with Crippen molar-refractivity contribution >= 4 is 17.5 Å². The van der Waals surface area contributed by atoms with Crippen LogP contribution in [0.25, 0.3) is 0 Å². The van der Waals surface area contributed by atoms with E-state index in [2.05, 4.69) is 10.3 Å². The lowest BCUT2D eigenvalue weighted by Crippen LogP contribution is -2.17. The molecule has 1 aromatic heterocycles. The number of anilines is 1. The molecule has 0 aliphatic carbocycles. The highest BCUT2D eigenvalue weighted by molar-refractivity contribution is 5.86. The second kappa shape index (κ2) is 6.64. The van der Waals surface area contributed by atoms with Gasteiger partial charge in [-0.3, -0.25) is 10.1 Å². The molecule has 19 heavy (non-hydrogen) atoms. The van der Waals surface area contributed by atoms with E-state index in [1.54, 1.807) is 0 Å². The van der Waals surface area contributed by atoms with Crippen LogP contribution >= 0.6 is 0 Å². The van der Waals surface area contributed by atoms with Crippen molar-refractivity contribution in [3.05, 3.63) is 27.9 Å². The Labute approximate surface area is 110 Å². The Kier molecular flexibility index (Phi) is 5.19. The summed E-state index contributed by atoms with van der Waals surface area (Å²) < 4.78 is 0. The second-order valence-electron chi connectivity index (χ2n) is 4.21. The molecular weight excluding hydrogens is 252 g/mol. The summed E-state index contributed by atoms with van der Waals surface area (Å²) in [6, 6.07) is 2.26. The highest BCUT2D eigenvalue weighted by Crippen LogP contribution is 2.21. The van der Waals surface area contributed by atoms with Crippen molar-refractivity contribution in [3.8, 4) is 0 Å². The molecule has 8 nitrogen and oxygen atoms in total. The molecule has 0 amide bonds. The number of carbonyl (C=O) groups is 1. The number of hydrogen-bond donors (Lipinski definition) is 2. The third-order valence-corrected chi connectivity index (χ3v) is 2.36. The molecule has 0 aliphatic rings. The molecule has 104 valence electrons. The summed E-state index contributed by atoms with van der Waals surface area (Å²) in [5.41, 5.74) is -0.449. The van der Waals surface area contributed by atoms with E-state index in [1.165, 1.54) is 0 Å². The van der Waals surface area contributed by atoms with Gasteiger partial charge in [0, 0.05) is 12.6 Å². The van der Waals surface area contributed by atoms with Crippen molar-refractivity contribution in [1.29, 1.82) is 0 Å². The van der Waals surface area contributed by atoms with Crippen LogP contribution in [-0.4, -0.2) is 53.1 Å². The van der Waals surface area contributed by atoms with Gasteiger partial charge in [-0.15, -0.1) is 0 Å². The molecular formula is C11H16N4O4. The lowest BCUT2D eigenvalue weighted by atomic mass is 10.3. The van der Waals surface area contributed by atoms with Gasteiger partial charge in [-0.05, 0) is 33.1 Å². The molecule has 1 aromatic rings. The van der Waals surface area contributed by atoms with Gasteiger partial charge in [-0.25, -0.2) is 9.78 Å². The summed E-state index contributed by atoms with van der Waals surface area (Å²) in [4.78, 5) is 26.7. The first-order chi connectivity index (χ1) is 8.91. The predicted molar refractivity (Wildman–Crippen MR) is 69.5 cm³/mol. The summed E-state index contributed by atoms with van der Waals surface area (Å²) in [5.74, 6) is -1.23. The van der Waals surface area contributed by atoms with Crippen molar-refractivity contribution in [2.45, 2.75) is 6.42 Å². The van der Waals surface area contributed by atoms with E-state index in [-0.39, 0.29) is 17.2 Å². The zero-order chi connectivity index (χ0) is 14.4. The van der Waals surface area contributed by atoms with E-state index in [1.807, 2.05) is 19.0 Å². The number of nitrogens with one attached hydrogen (secondary N) is 1. The average molecular weight is 268 g/mol. The zero-order valence-corrected chi connectivity index (χ0v) is 10.8. The molecule has 0 atom stereocenters. The van der Waals surface area contributed by atoms with Crippen molar-refractivity contribution in [3.63, 3.8) is 0 Å². The van der Waals surface area contributed by atoms with Crippen LogP contribution < -0.4 is 5.32 Å². The predicted octanol–water partition coefficient (Wildman–Crippen LogP) is 1.05. The molecule has 0 saturated carbocycles. The van der Waals surface area contributed by atoms with Crippen LogP contribution in [0.3, 0.4) is 0 Å². The molecule has 0 saturated heterocycles. The Morgan fingerprint density at radius 1 is 1.53 bits per heavy atom. The normalized spacial score (nSPS) is 10.5. The summed E-state index contributed by atoms with van der Waals surface area (Å²) in [6.07, 6.45) is 0.767. The first-order valence-electron chi connectivity index (χ1n) is 5.69. The molecule has 2 N–H and O–H groups in total. The molecule has 0 fully saturated rings.